The predicted molar refractivity (Wildman–Crippen MR) is 125 cm³/mol. The molecule has 0 aliphatic heterocycles. The molecular formula is C24H29N5O2. The molecule has 162 valence electrons. The van der Waals surface area contributed by atoms with Crippen molar-refractivity contribution in [2.24, 2.45) is 5.41 Å². The molecule has 1 aromatic carbocycles. The van der Waals surface area contributed by atoms with E-state index in [9.17, 15) is 9.90 Å². The summed E-state index contributed by atoms with van der Waals surface area (Å²) in [6, 6.07) is 6.81. The van der Waals surface area contributed by atoms with Crippen LogP contribution in [0.15, 0.2) is 59.4 Å². The monoisotopic (exact) mass is 419 g/mol. The van der Waals surface area contributed by atoms with Gasteiger partial charge in [0.25, 0.3) is 11.3 Å². The molecule has 0 radical (unpaired) electrons. The Kier molecular flexibility index (Phi) is 6.44. The number of fused-ring (bicyclic) bond motifs is 1. The number of hydrogen-bond acceptors (Lipinski definition) is 5. The first-order valence-corrected chi connectivity index (χ1v) is 10.2. The molecule has 0 saturated carbocycles. The van der Waals surface area contributed by atoms with Gasteiger partial charge in [0.1, 0.15) is 5.75 Å². The molecule has 3 N–H and O–H groups in total. The molecule has 2 heterocycles. The van der Waals surface area contributed by atoms with Crippen molar-refractivity contribution in [3.05, 3.63) is 82.1 Å². The van der Waals surface area contributed by atoms with E-state index in [4.69, 9.17) is 0 Å². The van der Waals surface area contributed by atoms with Crippen LogP contribution in [-0.2, 0) is 6.54 Å². The summed E-state index contributed by atoms with van der Waals surface area (Å²) in [4.78, 5) is 21.6. The summed E-state index contributed by atoms with van der Waals surface area (Å²) in [5.41, 5.74) is 2.79. The number of rotatable bonds is 6. The van der Waals surface area contributed by atoms with Crippen molar-refractivity contribution in [2.75, 3.05) is 5.32 Å². The molecule has 0 aliphatic carbocycles. The van der Waals surface area contributed by atoms with Gasteiger partial charge in [-0.15, -0.1) is 0 Å². The number of benzene rings is 1. The van der Waals surface area contributed by atoms with Crippen LogP contribution < -0.4 is 10.9 Å². The van der Waals surface area contributed by atoms with Crippen LogP contribution in [0.5, 0.6) is 5.75 Å². The first-order chi connectivity index (χ1) is 14.7. The Hall–Kier alpha value is -3.61. The zero-order valence-electron chi connectivity index (χ0n) is 18.6. The zero-order valence-corrected chi connectivity index (χ0v) is 18.6. The topological polar surface area (TPSA) is 95.3 Å². The van der Waals surface area contributed by atoms with E-state index >= 15 is 0 Å². The number of H-pyrrole nitrogens is 1. The first kappa shape index (κ1) is 22.1. The van der Waals surface area contributed by atoms with Gasteiger partial charge in [0.05, 0.1) is 12.2 Å². The van der Waals surface area contributed by atoms with Gasteiger partial charge in [0, 0.05) is 23.4 Å². The van der Waals surface area contributed by atoms with Gasteiger partial charge in [-0.1, -0.05) is 57.2 Å². The summed E-state index contributed by atoms with van der Waals surface area (Å²) in [5, 5.41) is 16.1. The van der Waals surface area contributed by atoms with Crippen LogP contribution in [0.4, 0.5) is 5.69 Å². The molecule has 0 bridgehead atoms. The highest BCUT2D eigenvalue weighted by Crippen LogP contribution is 2.21. The summed E-state index contributed by atoms with van der Waals surface area (Å²) in [7, 11) is 0. The molecule has 3 aromatic rings. The number of allylic oxidation sites excluding steroid dienone is 6. The predicted octanol–water partition coefficient (Wildman–Crippen LogP) is 4.61. The van der Waals surface area contributed by atoms with E-state index < -0.39 is 0 Å². The van der Waals surface area contributed by atoms with E-state index in [1.54, 1.807) is 6.07 Å². The quantitative estimate of drug-likeness (QED) is 0.507. The number of hydrogen-bond donors (Lipinski definition) is 3. The molecular weight excluding hydrogens is 390 g/mol. The minimum atomic E-state index is -0.239. The fraction of sp³-hybridized carbons (Fsp3) is 0.292. The van der Waals surface area contributed by atoms with E-state index in [1.165, 1.54) is 10.6 Å². The summed E-state index contributed by atoms with van der Waals surface area (Å²) in [5.74, 6) is 1.09. The van der Waals surface area contributed by atoms with Gasteiger partial charge in [0.15, 0.2) is 5.82 Å². The van der Waals surface area contributed by atoms with Gasteiger partial charge in [0.2, 0.25) is 0 Å². The third-order valence-electron chi connectivity index (χ3n) is 4.56. The van der Waals surface area contributed by atoms with Gasteiger partial charge in [-0.25, -0.2) is 4.98 Å². The van der Waals surface area contributed by atoms with Crippen molar-refractivity contribution in [1.29, 1.82) is 0 Å². The van der Waals surface area contributed by atoms with Crippen LogP contribution in [0, 0.1) is 12.3 Å². The summed E-state index contributed by atoms with van der Waals surface area (Å²) >= 11 is 0. The summed E-state index contributed by atoms with van der Waals surface area (Å²) in [6.45, 7) is 10.5. The number of aromatic hydroxyl groups is 1. The number of phenols is 1. The molecule has 0 fully saturated rings. The van der Waals surface area contributed by atoms with Gasteiger partial charge < -0.3 is 10.4 Å². The molecule has 0 saturated heterocycles. The third-order valence-corrected chi connectivity index (χ3v) is 4.56. The van der Waals surface area contributed by atoms with Crippen LogP contribution in [0.2, 0.25) is 0 Å². The molecule has 31 heavy (non-hydrogen) atoms. The highest BCUT2D eigenvalue weighted by molar-refractivity contribution is 5.71. The van der Waals surface area contributed by atoms with E-state index in [-0.39, 0.29) is 16.7 Å². The Labute approximate surface area is 181 Å². The number of aromatic amines is 1. The average molecular weight is 420 g/mol. The Balaban J connectivity index is 1.88. The largest absolute Gasteiger partial charge is 0.508 e. The van der Waals surface area contributed by atoms with Gasteiger partial charge in [-0.2, -0.15) is 9.50 Å². The highest BCUT2D eigenvalue weighted by atomic mass is 16.3. The second-order valence-corrected chi connectivity index (χ2v) is 8.50. The van der Waals surface area contributed by atoms with E-state index in [1.807, 2.05) is 50.3 Å². The number of phenolic OH excluding ortho intramolecular Hbond substituents is 1. The van der Waals surface area contributed by atoms with Crippen molar-refractivity contribution in [2.45, 2.75) is 41.2 Å². The lowest BCUT2D eigenvalue weighted by Crippen LogP contribution is -2.17. The average Bonchev–Trinajstić information content (AvgIpc) is 3.12. The molecule has 0 spiro atoms. The van der Waals surface area contributed by atoms with Crippen molar-refractivity contribution >= 4 is 17.0 Å². The molecule has 0 unspecified atom stereocenters. The maximum atomic E-state index is 12.6. The van der Waals surface area contributed by atoms with E-state index in [0.29, 0.717) is 23.8 Å². The minimum absolute atomic E-state index is 0.0695. The molecule has 0 aliphatic rings. The Morgan fingerprint density at radius 2 is 2.03 bits per heavy atom. The molecule has 2 aromatic heterocycles. The van der Waals surface area contributed by atoms with Crippen molar-refractivity contribution in [3.8, 4) is 5.75 Å². The van der Waals surface area contributed by atoms with Crippen molar-refractivity contribution in [1.82, 2.24) is 19.6 Å². The van der Waals surface area contributed by atoms with Crippen LogP contribution in [-0.4, -0.2) is 24.7 Å². The molecule has 7 heteroatoms. The smallest absolute Gasteiger partial charge is 0.274 e. The van der Waals surface area contributed by atoms with E-state index in [0.717, 1.165) is 16.8 Å². The number of aromatic nitrogens is 4. The summed E-state index contributed by atoms with van der Waals surface area (Å²) in [6.07, 6.45) is 9.91. The lowest BCUT2D eigenvalue weighted by atomic mass is 9.96. The standard InChI is InChI=1S/C24H29N5O2/c1-6-8-17(9-7-12-24(3,4)5)22-27-23-26-19(14-21(31)29(23)28-22)15-25-18-11-10-16(2)20(30)13-18/h6-14,25,30H,15H2,1-5H3,(H,26,27,28)/b8-6-,12-7+,17-9+. The first-order valence-electron chi connectivity index (χ1n) is 10.2. The lowest BCUT2D eigenvalue weighted by molar-refractivity contribution is 0.471. The second-order valence-electron chi connectivity index (χ2n) is 8.50. The highest BCUT2D eigenvalue weighted by Gasteiger charge is 2.10. The second kappa shape index (κ2) is 9.04. The van der Waals surface area contributed by atoms with Crippen molar-refractivity contribution in [3.63, 3.8) is 0 Å². The Morgan fingerprint density at radius 3 is 2.71 bits per heavy atom. The zero-order chi connectivity index (χ0) is 22.6. The van der Waals surface area contributed by atoms with Gasteiger partial charge in [-0.3, -0.25) is 9.89 Å². The maximum Gasteiger partial charge on any atom is 0.274 e. The summed E-state index contributed by atoms with van der Waals surface area (Å²) < 4.78 is 1.33. The Bertz CT molecular complexity index is 1220. The lowest BCUT2D eigenvalue weighted by Gasteiger charge is -2.10. The number of nitrogens with one attached hydrogen (secondary N) is 2. The Morgan fingerprint density at radius 1 is 1.26 bits per heavy atom. The van der Waals surface area contributed by atoms with E-state index in [2.05, 4.69) is 47.2 Å². The fourth-order valence-corrected chi connectivity index (χ4v) is 2.89. The van der Waals surface area contributed by atoms with Crippen LogP contribution in [0.25, 0.3) is 11.4 Å². The number of nitrogens with zero attached hydrogens (tertiary/aromatic N) is 3. The molecule has 7 nitrogen and oxygen atoms in total. The molecule has 0 atom stereocenters. The SMILES string of the molecule is C\C=C/C(=C\C=C\C(C)(C)C)c1nc2nc(CNc3ccc(C)c(O)c3)cc(=O)n2[nH]1. The van der Waals surface area contributed by atoms with Crippen LogP contribution in [0.3, 0.4) is 0 Å². The van der Waals surface area contributed by atoms with Crippen molar-refractivity contribution < 1.29 is 5.11 Å². The molecule has 0 amide bonds. The van der Waals surface area contributed by atoms with Crippen LogP contribution in [0.1, 0.15) is 44.8 Å². The number of anilines is 1. The normalized spacial score (nSPS) is 13.0. The third kappa shape index (κ3) is 5.72. The van der Waals surface area contributed by atoms with Gasteiger partial charge >= 0.3 is 0 Å². The minimum Gasteiger partial charge on any atom is -0.508 e. The van der Waals surface area contributed by atoms with Gasteiger partial charge in [-0.05, 0) is 30.9 Å². The fourth-order valence-electron chi connectivity index (χ4n) is 2.89. The van der Waals surface area contributed by atoms with Crippen LogP contribution >= 0.6 is 0 Å². The number of aryl methyl sites for hydroxylation is 1. The molecule has 3 rings (SSSR count). The maximum absolute atomic E-state index is 12.6.